The molecule has 7 nitrogen and oxygen atoms in total. The van der Waals surface area contributed by atoms with E-state index in [0.717, 1.165) is 10.5 Å². The third-order valence-corrected chi connectivity index (χ3v) is 5.06. The molecule has 1 aliphatic heterocycles. The number of esters is 3. The number of ether oxygens (including phenoxy) is 4. The van der Waals surface area contributed by atoms with Gasteiger partial charge in [-0.3, -0.25) is 14.4 Å². The number of aryl methyl sites for hydroxylation is 1. The molecule has 0 N–H and O–H groups in total. The van der Waals surface area contributed by atoms with Gasteiger partial charge in [-0.1, -0.05) is 29.5 Å². The third kappa shape index (κ3) is 5.97. The van der Waals surface area contributed by atoms with Crippen molar-refractivity contribution in [3.63, 3.8) is 0 Å². The van der Waals surface area contributed by atoms with Crippen molar-refractivity contribution in [1.82, 2.24) is 0 Å². The predicted molar refractivity (Wildman–Crippen MR) is 98.0 cm³/mol. The Kier molecular flexibility index (Phi) is 7.26. The molecule has 5 atom stereocenters. The van der Waals surface area contributed by atoms with E-state index in [1.807, 2.05) is 31.2 Å². The minimum Gasteiger partial charge on any atom is -0.456 e. The molecule has 1 fully saturated rings. The minimum atomic E-state index is -0.970. The highest BCUT2D eigenvalue weighted by atomic mass is 32.2. The van der Waals surface area contributed by atoms with E-state index in [1.165, 1.54) is 32.5 Å². The van der Waals surface area contributed by atoms with Crippen LogP contribution in [0.25, 0.3) is 0 Å². The SMILES string of the molecule is CC(=O)O[C@@H]1[C@@H](OC(C)=O)[C@H](C)O[C@@H](Sc2ccc(C)cc2)[C@@H]1OC(C)=O. The van der Waals surface area contributed by atoms with E-state index in [9.17, 15) is 14.4 Å². The van der Waals surface area contributed by atoms with Crippen LogP contribution < -0.4 is 0 Å². The van der Waals surface area contributed by atoms with Gasteiger partial charge in [0.25, 0.3) is 0 Å². The Labute approximate surface area is 162 Å². The number of carbonyl (C=O) groups is 3. The van der Waals surface area contributed by atoms with Crippen LogP contribution in [0.5, 0.6) is 0 Å². The Morgan fingerprint density at radius 2 is 1.33 bits per heavy atom. The van der Waals surface area contributed by atoms with Crippen LogP contribution in [0.1, 0.15) is 33.3 Å². The van der Waals surface area contributed by atoms with Crippen LogP contribution in [-0.2, 0) is 33.3 Å². The van der Waals surface area contributed by atoms with Crippen molar-refractivity contribution < 1.29 is 33.3 Å². The third-order valence-electron chi connectivity index (χ3n) is 3.91. The fourth-order valence-electron chi connectivity index (χ4n) is 2.82. The van der Waals surface area contributed by atoms with Gasteiger partial charge >= 0.3 is 17.9 Å². The summed E-state index contributed by atoms with van der Waals surface area (Å²) in [7, 11) is 0. The fraction of sp³-hybridized carbons (Fsp3) is 0.526. The fourth-order valence-corrected chi connectivity index (χ4v) is 3.95. The maximum absolute atomic E-state index is 11.7. The first-order valence-electron chi connectivity index (χ1n) is 8.58. The van der Waals surface area contributed by atoms with Gasteiger partial charge in [-0.05, 0) is 26.0 Å². The van der Waals surface area contributed by atoms with E-state index in [1.54, 1.807) is 6.92 Å². The maximum Gasteiger partial charge on any atom is 0.303 e. The molecule has 0 spiro atoms. The Morgan fingerprint density at radius 3 is 1.85 bits per heavy atom. The molecule has 1 aliphatic rings. The van der Waals surface area contributed by atoms with Crippen molar-refractivity contribution in [2.75, 3.05) is 0 Å². The van der Waals surface area contributed by atoms with E-state index < -0.39 is 47.8 Å². The van der Waals surface area contributed by atoms with Crippen LogP contribution in [0, 0.1) is 6.92 Å². The average Bonchev–Trinajstić information content (AvgIpc) is 2.55. The van der Waals surface area contributed by atoms with E-state index in [0.29, 0.717) is 0 Å². The Hall–Kier alpha value is -2.06. The zero-order valence-corrected chi connectivity index (χ0v) is 16.8. The van der Waals surface area contributed by atoms with Gasteiger partial charge < -0.3 is 18.9 Å². The largest absolute Gasteiger partial charge is 0.456 e. The lowest BCUT2D eigenvalue weighted by Crippen LogP contribution is -2.59. The molecule has 0 radical (unpaired) electrons. The summed E-state index contributed by atoms with van der Waals surface area (Å²) in [5.41, 5.74) is 0.476. The number of rotatable bonds is 5. The summed E-state index contributed by atoms with van der Waals surface area (Å²) < 4.78 is 22.1. The quantitative estimate of drug-likeness (QED) is 0.554. The molecule has 1 aromatic carbocycles. The first-order valence-corrected chi connectivity index (χ1v) is 9.45. The highest BCUT2D eigenvalue weighted by Gasteiger charge is 2.50. The summed E-state index contributed by atoms with van der Waals surface area (Å²) in [6.45, 7) is 7.47. The molecular weight excluding hydrogens is 372 g/mol. The van der Waals surface area contributed by atoms with Crippen molar-refractivity contribution in [3.8, 4) is 0 Å². The molecule has 27 heavy (non-hydrogen) atoms. The van der Waals surface area contributed by atoms with Crippen LogP contribution >= 0.6 is 11.8 Å². The van der Waals surface area contributed by atoms with Gasteiger partial charge in [0.05, 0.1) is 6.10 Å². The van der Waals surface area contributed by atoms with Crippen molar-refractivity contribution in [2.45, 2.75) is 69.4 Å². The lowest BCUT2D eigenvalue weighted by molar-refractivity contribution is -0.229. The topological polar surface area (TPSA) is 88.1 Å². The molecule has 0 aromatic heterocycles. The summed E-state index contributed by atoms with van der Waals surface area (Å²) in [6, 6.07) is 7.77. The number of benzene rings is 1. The smallest absolute Gasteiger partial charge is 0.303 e. The first kappa shape index (κ1) is 21.2. The molecule has 1 saturated heterocycles. The molecule has 0 saturated carbocycles. The normalized spacial score (nSPS) is 27.5. The standard InChI is InChI=1S/C19H24O7S/c1-10-6-8-15(9-7-10)27-19-18(26-14(5)22)17(25-13(4)21)16(11(2)23-19)24-12(3)20/h6-9,11,16-19H,1-5H3/t11-,16-,17+,18+,19-/m0/s1. The molecule has 148 valence electrons. The van der Waals surface area contributed by atoms with Crippen molar-refractivity contribution in [3.05, 3.63) is 29.8 Å². The second kappa shape index (κ2) is 9.23. The second-order valence-electron chi connectivity index (χ2n) is 6.36. The average molecular weight is 396 g/mol. The van der Waals surface area contributed by atoms with Gasteiger partial charge in [0, 0.05) is 25.7 Å². The van der Waals surface area contributed by atoms with E-state index in [2.05, 4.69) is 0 Å². The van der Waals surface area contributed by atoms with Gasteiger partial charge in [-0.25, -0.2) is 0 Å². The molecule has 0 bridgehead atoms. The highest BCUT2D eigenvalue weighted by Crippen LogP contribution is 2.37. The molecule has 0 unspecified atom stereocenters. The highest BCUT2D eigenvalue weighted by molar-refractivity contribution is 7.99. The zero-order valence-electron chi connectivity index (χ0n) is 16.0. The van der Waals surface area contributed by atoms with Gasteiger partial charge in [-0.15, -0.1) is 0 Å². The van der Waals surface area contributed by atoms with Crippen LogP contribution in [0.3, 0.4) is 0 Å². The lowest BCUT2D eigenvalue weighted by atomic mass is 10.00. The summed E-state index contributed by atoms with van der Waals surface area (Å²) in [5.74, 6) is -1.66. The Morgan fingerprint density at radius 1 is 0.852 bits per heavy atom. The van der Waals surface area contributed by atoms with E-state index in [4.69, 9.17) is 18.9 Å². The van der Waals surface area contributed by atoms with Crippen LogP contribution in [-0.4, -0.2) is 47.8 Å². The summed E-state index contributed by atoms with van der Waals surface area (Å²) in [5, 5.41) is 0. The molecular formula is C19H24O7S. The number of carbonyl (C=O) groups excluding carboxylic acids is 3. The van der Waals surface area contributed by atoms with Crippen LogP contribution in [0.2, 0.25) is 0 Å². The minimum absolute atomic E-state index is 0.543. The van der Waals surface area contributed by atoms with Gasteiger partial charge in [-0.2, -0.15) is 0 Å². The number of thioether (sulfide) groups is 1. The lowest BCUT2D eigenvalue weighted by Gasteiger charge is -2.43. The molecule has 2 rings (SSSR count). The molecule has 0 aliphatic carbocycles. The van der Waals surface area contributed by atoms with E-state index >= 15 is 0 Å². The molecule has 1 heterocycles. The van der Waals surface area contributed by atoms with Crippen molar-refractivity contribution >= 4 is 29.7 Å². The molecule has 0 amide bonds. The van der Waals surface area contributed by atoms with Crippen LogP contribution in [0.4, 0.5) is 0 Å². The Balaban J connectivity index is 2.33. The number of hydrogen-bond donors (Lipinski definition) is 0. The molecule has 8 heteroatoms. The number of hydrogen-bond acceptors (Lipinski definition) is 8. The first-order chi connectivity index (χ1) is 12.7. The maximum atomic E-state index is 11.7. The summed E-state index contributed by atoms with van der Waals surface area (Å²) in [6.07, 6.45) is -3.35. The summed E-state index contributed by atoms with van der Waals surface area (Å²) >= 11 is 1.35. The second-order valence-corrected chi connectivity index (χ2v) is 7.53. The van der Waals surface area contributed by atoms with Crippen LogP contribution in [0.15, 0.2) is 29.2 Å². The van der Waals surface area contributed by atoms with Gasteiger partial charge in [0.2, 0.25) is 0 Å². The Bertz CT molecular complexity index is 688. The predicted octanol–water partition coefficient (Wildman–Crippen LogP) is 2.63. The van der Waals surface area contributed by atoms with Crippen molar-refractivity contribution in [2.24, 2.45) is 0 Å². The van der Waals surface area contributed by atoms with Crippen molar-refractivity contribution in [1.29, 1.82) is 0 Å². The zero-order chi connectivity index (χ0) is 20.1. The van der Waals surface area contributed by atoms with Gasteiger partial charge in [0.15, 0.2) is 18.3 Å². The summed E-state index contributed by atoms with van der Waals surface area (Å²) in [4.78, 5) is 35.7. The van der Waals surface area contributed by atoms with Gasteiger partial charge in [0.1, 0.15) is 5.44 Å². The van der Waals surface area contributed by atoms with E-state index in [-0.39, 0.29) is 0 Å². The molecule has 1 aromatic rings. The monoisotopic (exact) mass is 396 g/mol.